The molecule has 0 saturated carbocycles. The Kier molecular flexibility index (Phi) is 5.09. The second-order valence-corrected chi connectivity index (χ2v) is 7.21. The monoisotopic (exact) mass is 307 g/mol. The molecule has 3 atom stereocenters. The molecule has 2 fully saturated rings. The van der Waals surface area contributed by atoms with E-state index in [2.05, 4.69) is 5.32 Å². The number of benzene rings is 1. The largest absolute Gasteiger partial charge is 0.492 e. The van der Waals surface area contributed by atoms with Crippen molar-refractivity contribution in [1.29, 1.82) is 0 Å². The third kappa shape index (κ3) is 3.74. The van der Waals surface area contributed by atoms with Crippen molar-refractivity contribution in [3.8, 4) is 5.75 Å². The molecule has 1 aromatic carbocycles. The summed E-state index contributed by atoms with van der Waals surface area (Å²) in [4.78, 5) is 0. The van der Waals surface area contributed by atoms with Gasteiger partial charge in [0, 0.05) is 18.4 Å². The van der Waals surface area contributed by atoms with Gasteiger partial charge in [0.2, 0.25) is 0 Å². The van der Waals surface area contributed by atoms with Gasteiger partial charge in [-0.1, -0.05) is 18.2 Å². The van der Waals surface area contributed by atoms with Crippen LogP contribution in [0.3, 0.4) is 0 Å². The van der Waals surface area contributed by atoms with Crippen LogP contribution in [-0.2, 0) is 4.74 Å². The molecular formula is C17H25NO2S. The Morgan fingerprint density at radius 1 is 1.43 bits per heavy atom. The lowest BCUT2D eigenvalue weighted by atomic mass is 9.81. The van der Waals surface area contributed by atoms with Crippen molar-refractivity contribution >= 4 is 11.8 Å². The van der Waals surface area contributed by atoms with E-state index < -0.39 is 0 Å². The molecule has 1 aromatic rings. The molecule has 3 rings (SSSR count). The van der Waals surface area contributed by atoms with E-state index in [4.69, 9.17) is 9.47 Å². The number of nitrogens with one attached hydrogen (secondary N) is 1. The van der Waals surface area contributed by atoms with Gasteiger partial charge in [-0.2, -0.15) is 11.8 Å². The normalized spacial score (nSPS) is 30.4. The Morgan fingerprint density at radius 3 is 3.00 bits per heavy atom. The molecule has 2 heterocycles. The number of para-hydroxylation sites is 1. The van der Waals surface area contributed by atoms with Gasteiger partial charge in [-0.3, -0.25) is 0 Å². The predicted molar refractivity (Wildman–Crippen MR) is 88.1 cm³/mol. The minimum atomic E-state index is 0.148. The zero-order valence-electron chi connectivity index (χ0n) is 12.7. The molecule has 2 aliphatic heterocycles. The summed E-state index contributed by atoms with van der Waals surface area (Å²) in [5.74, 6) is 4.01. The van der Waals surface area contributed by atoms with Gasteiger partial charge in [-0.15, -0.1) is 0 Å². The number of likely N-dealkylation sites (N-methyl/N-ethyl adjacent to an activating group) is 1. The van der Waals surface area contributed by atoms with E-state index in [0.29, 0.717) is 12.0 Å². The van der Waals surface area contributed by atoms with Gasteiger partial charge in [0.05, 0.1) is 5.60 Å². The van der Waals surface area contributed by atoms with Crippen molar-refractivity contribution < 1.29 is 9.47 Å². The van der Waals surface area contributed by atoms with Crippen LogP contribution in [0.5, 0.6) is 5.75 Å². The van der Waals surface area contributed by atoms with Crippen molar-refractivity contribution in [2.75, 3.05) is 31.8 Å². The highest BCUT2D eigenvalue weighted by molar-refractivity contribution is 7.99. The van der Waals surface area contributed by atoms with Gasteiger partial charge in [-0.05, 0) is 50.1 Å². The van der Waals surface area contributed by atoms with E-state index in [1.54, 1.807) is 0 Å². The summed E-state index contributed by atoms with van der Waals surface area (Å²) in [7, 11) is 2.05. The maximum Gasteiger partial charge on any atom is 0.119 e. The average Bonchev–Trinajstić information content (AvgIpc) is 2.97. The lowest BCUT2D eigenvalue weighted by Crippen LogP contribution is -2.48. The number of hydrogen-bond acceptors (Lipinski definition) is 4. The molecule has 4 heteroatoms. The van der Waals surface area contributed by atoms with Crippen LogP contribution in [0.25, 0.3) is 0 Å². The Hall–Kier alpha value is -0.710. The van der Waals surface area contributed by atoms with Gasteiger partial charge in [-0.25, -0.2) is 0 Å². The van der Waals surface area contributed by atoms with Crippen molar-refractivity contribution in [1.82, 2.24) is 5.32 Å². The highest BCUT2D eigenvalue weighted by Crippen LogP contribution is 2.41. The molecule has 0 bridgehead atoms. The highest BCUT2D eigenvalue weighted by atomic mass is 32.2. The lowest BCUT2D eigenvalue weighted by Gasteiger charge is -2.40. The zero-order valence-corrected chi connectivity index (χ0v) is 13.5. The summed E-state index contributed by atoms with van der Waals surface area (Å²) >= 11 is 2.03. The minimum absolute atomic E-state index is 0.148. The van der Waals surface area contributed by atoms with Crippen LogP contribution in [-0.4, -0.2) is 43.4 Å². The molecule has 0 aromatic heterocycles. The van der Waals surface area contributed by atoms with E-state index in [9.17, 15) is 0 Å². The van der Waals surface area contributed by atoms with Crippen LogP contribution in [0.2, 0.25) is 0 Å². The van der Waals surface area contributed by atoms with Crippen molar-refractivity contribution in [3.05, 3.63) is 30.3 Å². The summed E-state index contributed by atoms with van der Waals surface area (Å²) in [6, 6.07) is 10.5. The van der Waals surface area contributed by atoms with Gasteiger partial charge >= 0.3 is 0 Å². The molecule has 3 nitrogen and oxygen atoms in total. The molecule has 2 aliphatic rings. The van der Waals surface area contributed by atoms with Crippen LogP contribution in [0, 0.1) is 5.92 Å². The summed E-state index contributed by atoms with van der Waals surface area (Å²) in [6.07, 6.45) is 3.52. The molecule has 1 N–H and O–H groups in total. The van der Waals surface area contributed by atoms with E-state index in [-0.39, 0.29) is 5.60 Å². The first-order chi connectivity index (χ1) is 10.3. The van der Waals surface area contributed by atoms with Crippen LogP contribution in [0.1, 0.15) is 19.3 Å². The second kappa shape index (κ2) is 7.03. The summed E-state index contributed by atoms with van der Waals surface area (Å²) < 4.78 is 12.1. The molecule has 1 spiro atoms. The maximum absolute atomic E-state index is 6.12. The molecule has 21 heavy (non-hydrogen) atoms. The molecule has 0 aliphatic carbocycles. The quantitative estimate of drug-likeness (QED) is 0.906. The first-order valence-corrected chi connectivity index (χ1v) is 9.04. The molecular weight excluding hydrogens is 282 g/mol. The minimum Gasteiger partial charge on any atom is -0.492 e. The summed E-state index contributed by atoms with van der Waals surface area (Å²) in [6.45, 7) is 1.63. The molecule has 3 unspecified atom stereocenters. The number of hydrogen-bond donors (Lipinski definition) is 1. The van der Waals surface area contributed by atoms with Crippen LogP contribution in [0.4, 0.5) is 0 Å². The second-order valence-electron chi connectivity index (χ2n) is 6.11. The van der Waals surface area contributed by atoms with E-state index in [1.807, 2.05) is 49.1 Å². The molecule has 0 radical (unpaired) electrons. The van der Waals surface area contributed by atoms with Crippen molar-refractivity contribution in [3.63, 3.8) is 0 Å². The summed E-state index contributed by atoms with van der Waals surface area (Å²) in [5, 5.41) is 3.46. The highest BCUT2D eigenvalue weighted by Gasteiger charge is 2.42. The summed E-state index contributed by atoms with van der Waals surface area (Å²) in [5.41, 5.74) is 0.148. The number of ether oxygens (including phenoxy) is 2. The Morgan fingerprint density at radius 2 is 2.29 bits per heavy atom. The Labute approximate surface area is 131 Å². The standard InChI is InChI=1S/C17H25NO2S/c1-18-16(12-19-15-5-3-2-4-6-15)14-7-9-20-17(11-14)8-10-21-13-17/h2-6,14,16,18H,7-13H2,1H3. The third-order valence-corrected chi connectivity index (χ3v) is 5.93. The van der Waals surface area contributed by atoms with Gasteiger partial charge in [0.1, 0.15) is 12.4 Å². The van der Waals surface area contributed by atoms with Crippen molar-refractivity contribution in [2.45, 2.75) is 30.9 Å². The Bertz CT molecular complexity index is 434. The predicted octanol–water partition coefficient (Wildman–Crippen LogP) is 2.96. The molecule has 2 saturated heterocycles. The molecule has 116 valence electrons. The van der Waals surface area contributed by atoms with Crippen LogP contribution >= 0.6 is 11.8 Å². The number of rotatable bonds is 5. The smallest absolute Gasteiger partial charge is 0.119 e. The Balaban J connectivity index is 1.57. The van der Waals surface area contributed by atoms with Gasteiger partial charge < -0.3 is 14.8 Å². The first kappa shape index (κ1) is 15.2. The maximum atomic E-state index is 6.12. The fraction of sp³-hybridized carbons (Fsp3) is 0.647. The van der Waals surface area contributed by atoms with Crippen LogP contribution in [0.15, 0.2) is 30.3 Å². The van der Waals surface area contributed by atoms with Crippen molar-refractivity contribution in [2.24, 2.45) is 5.92 Å². The van der Waals surface area contributed by atoms with E-state index in [1.165, 1.54) is 24.3 Å². The van der Waals surface area contributed by atoms with Gasteiger partial charge in [0.15, 0.2) is 0 Å². The first-order valence-electron chi connectivity index (χ1n) is 7.88. The van der Waals surface area contributed by atoms with Gasteiger partial charge in [0.25, 0.3) is 0 Å². The zero-order chi connectivity index (χ0) is 14.5. The topological polar surface area (TPSA) is 30.5 Å². The molecule has 0 amide bonds. The van der Waals surface area contributed by atoms with Crippen LogP contribution < -0.4 is 10.1 Å². The number of thioether (sulfide) groups is 1. The third-order valence-electron chi connectivity index (χ3n) is 4.71. The fourth-order valence-electron chi connectivity index (χ4n) is 3.43. The fourth-order valence-corrected chi connectivity index (χ4v) is 4.81. The van der Waals surface area contributed by atoms with E-state index >= 15 is 0 Å². The average molecular weight is 307 g/mol. The lowest BCUT2D eigenvalue weighted by molar-refractivity contribution is -0.0866. The van der Waals surface area contributed by atoms with E-state index in [0.717, 1.165) is 25.4 Å². The SMILES string of the molecule is CNC(COc1ccccc1)C1CCOC2(CCSC2)C1.